The van der Waals surface area contributed by atoms with E-state index in [1.165, 1.54) is 0 Å². The van der Waals surface area contributed by atoms with Gasteiger partial charge in [0.25, 0.3) is 0 Å². The van der Waals surface area contributed by atoms with Gasteiger partial charge in [0.1, 0.15) is 12.2 Å². The quantitative estimate of drug-likeness (QED) is 0.514. The lowest BCUT2D eigenvalue weighted by Crippen LogP contribution is -2.33. The van der Waals surface area contributed by atoms with Crippen LogP contribution in [0.25, 0.3) is 0 Å². The lowest BCUT2D eigenvalue weighted by molar-refractivity contribution is 0.0517. The molecule has 0 unspecified atom stereocenters. The Balaban J connectivity index is 3.23. The van der Waals surface area contributed by atoms with E-state index in [2.05, 4.69) is 11.2 Å². The van der Waals surface area contributed by atoms with Crippen molar-refractivity contribution in [3.8, 4) is 12.3 Å². The number of hydrogen-bond donors (Lipinski definition) is 1. The monoisotopic (exact) mass is 271 g/mol. The molecule has 110 valence electrons. The standard InChI is InChI=1S/C14H25NO4/c1-5-9-17-11-7-12-18-10-6-8-15-13(16)19-14(2,3)4/h1H,6-12H2,2-4H3,(H,15,16). The van der Waals surface area contributed by atoms with Crippen molar-refractivity contribution in [2.75, 3.05) is 33.0 Å². The summed E-state index contributed by atoms with van der Waals surface area (Å²) in [4.78, 5) is 11.3. The van der Waals surface area contributed by atoms with Gasteiger partial charge in [-0.05, 0) is 33.6 Å². The second-order valence-corrected chi connectivity index (χ2v) is 5.00. The van der Waals surface area contributed by atoms with Crippen LogP contribution < -0.4 is 5.32 Å². The molecular formula is C14H25NO4. The molecule has 5 heteroatoms. The van der Waals surface area contributed by atoms with Crippen LogP contribution in [0.5, 0.6) is 0 Å². The van der Waals surface area contributed by atoms with E-state index >= 15 is 0 Å². The molecule has 0 spiro atoms. The molecule has 0 fully saturated rings. The minimum Gasteiger partial charge on any atom is -0.444 e. The highest BCUT2D eigenvalue weighted by molar-refractivity contribution is 5.67. The van der Waals surface area contributed by atoms with Crippen LogP contribution in [0.15, 0.2) is 0 Å². The van der Waals surface area contributed by atoms with E-state index < -0.39 is 11.7 Å². The van der Waals surface area contributed by atoms with Crippen molar-refractivity contribution in [2.24, 2.45) is 0 Å². The Hall–Kier alpha value is -1.25. The minimum atomic E-state index is -0.459. The fourth-order valence-corrected chi connectivity index (χ4v) is 1.18. The number of carbonyl (C=O) groups is 1. The highest BCUT2D eigenvalue weighted by Crippen LogP contribution is 2.06. The molecule has 0 radical (unpaired) electrons. The average molecular weight is 271 g/mol. The second-order valence-electron chi connectivity index (χ2n) is 5.00. The van der Waals surface area contributed by atoms with Gasteiger partial charge in [0, 0.05) is 19.8 Å². The molecule has 0 aliphatic rings. The summed E-state index contributed by atoms with van der Waals surface area (Å²) in [5.74, 6) is 2.40. The molecule has 19 heavy (non-hydrogen) atoms. The van der Waals surface area contributed by atoms with Crippen molar-refractivity contribution >= 4 is 6.09 Å². The summed E-state index contributed by atoms with van der Waals surface area (Å²) in [7, 11) is 0. The third-order valence-corrected chi connectivity index (χ3v) is 1.90. The predicted octanol–water partition coefficient (Wildman–Crippen LogP) is 1.96. The Kier molecular flexibility index (Phi) is 9.95. The van der Waals surface area contributed by atoms with E-state index in [0.717, 1.165) is 12.8 Å². The maximum atomic E-state index is 11.3. The number of hydrogen-bond acceptors (Lipinski definition) is 4. The summed E-state index contributed by atoms with van der Waals surface area (Å²) < 4.78 is 15.6. The van der Waals surface area contributed by atoms with Crippen LogP contribution in [0.2, 0.25) is 0 Å². The van der Waals surface area contributed by atoms with Crippen molar-refractivity contribution in [1.29, 1.82) is 0 Å². The van der Waals surface area contributed by atoms with Crippen LogP contribution in [0.3, 0.4) is 0 Å². The van der Waals surface area contributed by atoms with Crippen LogP contribution in [-0.4, -0.2) is 44.7 Å². The van der Waals surface area contributed by atoms with E-state index in [1.54, 1.807) is 0 Å². The minimum absolute atomic E-state index is 0.347. The smallest absolute Gasteiger partial charge is 0.407 e. The van der Waals surface area contributed by atoms with Crippen LogP contribution in [0.4, 0.5) is 4.79 Å². The zero-order chi connectivity index (χ0) is 14.6. The van der Waals surface area contributed by atoms with Crippen molar-refractivity contribution in [1.82, 2.24) is 5.32 Å². The molecule has 0 aliphatic carbocycles. The number of alkyl carbamates (subject to hydrolysis) is 1. The summed E-state index contributed by atoms with van der Waals surface area (Å²) in [5.41, 5.74) is -0.459. The zero-order valence-corrected chi connectivity index (χ0v) is 12.2. The molecular weight excluding hydrogens is 246 g/mol. The number of ether oxygens (including phenoxy) is 3. The third-order valence-electron chi connectivity index (χ3n) is 1.90. The Morgan fingerprint density at radius 2 is 1.79 bits per heavy atom. The second kappa shape index (κ2) is 10.7. The molecule has 0 bridgehead atoms. The molecule has 5 nitrogen and oxygen atoms in total. The molecule has 0 heterocycles. The van der Waals surface area contributed by atoms with E-state index in [1.807, 2.05) is 20.8 Å². The fourth-order valence-electron chi connectivity index (χ4n) is 1.18. The van der Waals surface area contributed by atoms with Crippen LogP contribution in [-0.2, 0) is 14.2 Å². The zero-order valence-electron chi connectivity index (χ0n) is 12.2. The van der Waals surface area contributed by atoms with Crippen molar-refractivity contribution < 1.29 is 19.0 Å². The van der Waals surface area contributed by atoms with Gasteiger partial charge in [-0.1, -0.05) is 5.92 Å². The maximum Gasteiger partial charge on any atom is 0.407 e. The summed E-state index contributed by atoms with van der Waals surface area (Å²) in [5, 5.41) is 2.67. The van der Waals surface area contributed by atoms with Gasteiger partial charge in [-0.2, -0.15) is 0 Å². The van der Waals surface area contributed by atoms with E-state index in [4.69, 9.17) is 20.6 Å². The molecule has 0 atom stereocenters. The van der Waals surface area contributed by atoms with Gasteiger partial charge in [0.15, 0.2) is 0 Å². The topological polar surface area (TPSA) is 56.8 Å². The lowest BCUT2D eigenvalue weighted by atomic mass is 10.2. The number of rotatable bonds is 9. The Bertz CT molecular complexity index is 278. The van der Waals surface area contributed by atoms with Crippen LogP contribution >= 0.6 is 0 Å². The van der Waals surface area contributed by atoms with Gasteiger partial charge >= 0.3 is 6.09 Å². The number of carbonyl (C=O) groups excluding carboxylic acids is 1. The molecule has 1 amide bonds. The molecule has 0 aromatic rings. The van der Waals surface area contributed by atoms with Gasteiger partial charge in [0.2, 0.25) is 0 Å². The van der Waals surface area contributed by atoms with Gasteiger partial charge in [-0.3, -0.25) is 0 Å². The van der Waals surface area contributed by atoms with Crippen LogP contribution in [0, 0.1) is 12.3 Å². The molecule has 0 aromatic heterocycles. The van der Waals surface area contributed by atoms with Gasteiger partial charge in [0.05, 0.1) is 6.61 Å². The van der Waals surface area contributed by atoms with E-state index in [0.29, 0.717) is 33.0 Å². The summed E-state index contributed by atoms with van der Waals surface area (Å²) in [6.45, 7) is 8.23. The number of amides is 1. The molecule has 1 N–H and O–H groups in total. The third kappa shape index (κ3) is 14.7. The molecule has 0 aromatic carbocycles. The molecule has 0 aliphatic heterocycles. The predicted molar refractivity (Wildman–Crippen MR) is 73.9 cm³/mol. The Morgan fingerprint density at radius 3 is 2.42 bits per heavy atom. The van der Waals surface area contributed by atoms with Gasteiger partial charge in [-0.25, -0.2) is 4.79 Å². The number of nitrogens with one attached hydrogen (secondary N) is 1. The van der Waals surface area contributed by atoms with E-state index in [-0.39, 0.29) is 0 Å². The van der Waals surface area contributed by atoms with Crippen LogP contribution in [0.1, 0.15) is 33.6 Å². The van der Waals surface area contributed by atoms with Gasteiger partial charge in [-0.15, -0.1) is 6.42 Å². The van der Waals surface area contributed by atoms with Gasteiger partial charge < -0.3 is 19.5 Å². The van der Waals surface area contributed by atoms with Crippen molar-refractivity contribution in [3.63, 3.8) is 0 Å². The van der Waals surface area contributed by atoms with Crippen molar-refractivity contribution in [2.45, 2.75) is 39.2 Å². The molecule has 0 saturated heterocycles. The van der Waals surface area contributed by atoms with E-state index in [9.17, 15) is 4.79 Å². The Labute approximate surface area is 116 Å². The largest absolute Gasteiger partial charge is 0.444 e. The summed E-state index contributed by atoms with van der Waals surface area (Å²) >= 11 is 0. The first kappa shape index (κ1) is 17.8. The summed E-state index contributed by atoms with van der Waals surface area (Å²) in [6.07, 6.45) is 6.22. The number of terminal acetylenes is 1. The first-order valence-electron chi connectivity index (χ1n) is 6.51. The Morgan fingerprint density at radius 1 is 1.16 bits per heavy atom. The highest BCUT2D eigenvalue weighted by Gasteiger charge is 2.15. The molecule has 0 saturated carbocycles. The first-order valence-corrected chi connectivity index (χ1v) is 6.51. The average Bonchev–Trinajstić information content (AvgIpc) is 2.29. The lowest BCUT2D eigenvalue weighted by Gasteiger charge is -2.19. The highest BCUT2D eigenvalue weighted by atomic mass is 16.6. The normalized spacial score (nSPS) is 10.8. The fraction of sp³-hybridized carbons (Fsp3) is 0.786. The SMILES string of the molecule is C#CCOCCCOCCCNC(=O)OC(C)(C)C. The summed E-state index contributed by atoms with van der Waals surface area (Å²) in [6, 6.07) is 0. The maximum absolute atomic E-state index is 11.3. The molecule has 0 rings (SSSR count). The first-order chi connectivity index (χ1) is 8.95. The van der Waals surface area contributed by atoms with Crippen molar-refractivity contribution in [3.05, 3.63) is 0 Å².